The highest BCUT2D eigenvalue weighted by atomic mass is 32.2. The van der Waals surface area contributed by atoms with Gasteiger partial charge >= 0.3 is 0 Å². The predicted octanol–water partition coefficient (Wildman–Crippen LogP) is 1.05. The van der Waals surface area contributed by atoms with Crippen LogP contribution in [0.2, 0.25) is 0 Å². The van der Waals surface area contributed by atoms with Crippen molar-refractivity contribution in [3.05, 3.63) is 29.8 Å². The third-order valence-electron chi connectivity index (χ3n) is 3.13. The van der Waals surface area contributed by atoms with Crippen molar-refractivity contribution in [3.63, 3.8) is 0 Å². The van der Waals surface area contributed by atoms with Crippen molar-refractivity contribution in [1.82, 2.24) is 9.39 Å². The fourth-order valence-corrected chi connectivity index (χ4v) is 3.70. The zero-order valence-corrected chi connectivity index (χ0v) is 12.6. The molecule has 1 amide bonds. The Morgan fingerprint density at radius 3 is 2.79 bits per heavy atom. The molecule has 0 aromatic heterocycles. The van der Waals surface area contributed by atoms with E-state index in [9.17, 15) is 13.2 Å². The average Bonchev–Trinajstić information content (AvgIpc) is 2.75. The van der Waals surface area contributed by atoms with Crippen molar-refractivity contribution < 1.29 is 13.2 Å². The second-order valence-corrected chi connectivity index (χ2v) is 7.03. The fraction of sp³-hybridized carbons (Fsp3) is 0.417. The summed E-state index contributed by atoms with van der Waals surface area (Å²) in [5.74, 6) is -0.464. The number of aryl methyl sites for hydroxylation is 1. The number of nitrogens with one attached hydrogen (secondary N) is 1. The Hall–Kier alpha value is -0.970. The zero-order chi connectivity index (χ0) is 14.0. The van der Waals surface area contributed by atoms with E-state index < -0.39 is 15.9 Å². The Morgan fingerprint density at radius 2 is 2.21 bits per heavy atom. The molecule has 0 saturated carbocycles. The van der Waals surface area contributed by atoms with Gasteiger partial charge in [-0.1, -0.05) is 21.5 Å². The molecule has 1 N–H and O–H groups in total. The highest BCUT2D eigenvalue weighted by molar-refractivity contribution is 7.90. The summed E-state index contributed by atoms with van der Waals surface area (Å²) in [5, 5.41) is 0. The standard InChI is InChI=1S/C12H17N2O3PS/c1-9-4-2-5-10(8-9)19(16,17)13-12(15)11-6-3-7-14(11)18/h2,4-5,8,11H,3,6-7,18H2,1H3,(H,13,15)/t11-/m0/s1. The van der Waals surface area contributed by atoms with Gasteiger partial charge < -0.3 is 0 Å². The van der Waals surface area contributed by atoms with Crippen molar-refractivity contribution in [3.8, 4) is 0 Å². The molecule has 19 heavy (non-hydrogen) atoms. The van der Waals surface area contributed by atoms with Crippen molar-refractivity contribution in [1.29, 1.82) is 0 Å². The Kier molecular flexibility index (Phi) is 4.23. The van der Waals surface area contributed by atoms with E-state index in [-0.39, 0.29) is 10.9 Å². The molecule has 104 valence electrons. The first kappa shape index (κ1) is 14.4. The molecule has 0 aliphatic carbocycles. The fourth-order valence-electron chi connectivity index (χ4n) is 2.11. The summed E-state index contributed by atoms with van der Waals surface area (Å²) < 4.78 is 28.1. The van der Waals surface area contributed by atoms with Crippen molar-refractivity contribution in [2.24, 2.45) is 0 Å². The summed E-state index contributed by atoms with van der Waals surface area (Å²) in [7, 11) is -1.31. The summed E-state index contributed by atoms with van der Waals surface area (Å²) >= 11 is 0. The maximum absolute atomic E-state index is 12.1. The van der Waals surface area contributed by atoms with Crippen molar-refractivity contribution in [2.75, 3.05) is 6.54 Å². The summed E-state index contributed by atoms with van der Waals surface area (Å²) in [6.07, 6.45) is 1.57. The Balaban J connectivity index is 2.15. The van der Waals surface area contributed by atoms with Crippen LogP contribution in [-0.4, -0.2) is 31.6 Å². The molecule has 1 fully saturated rings. The summed E-state index contributed by atoms with van der Waals surface area (Å²) in [6.45, 7) is 2.59. The van der Waals surface area contributed by atoms with Crippen molar-refractivity contribution in [2.45, 2.75) is 30.7 Å². The molecule has 1 aliphatic rings. The van der Waals surface area contributed by atoms with Crippen LogP contribution in [0.3, 0.4) is 0 Å². The number of rotatable bonds is 3. The minimum atomic E-state index is -3.78. The van der Waals surface area contributed by atoms with E-state index >= 15 is 0 Å². The molecule has 1 aliphatic heterocycles. The number of carbonyl (C=O) groups is 1. The lowest BCUT2D eigenvalue weighted by Crippen LogP contribution is -2.42. The molecule has 2 atom stereocenters. The van der Waals surface area contributed by atoms with Crippen LogP contribution in [0.25, 0.3) is 0 Å². The van der Waals surface area contributed by atoms with E-state index in [1.54, 1.807) is 16.8 Å². The van der Waals surface area contributed by atoms with Gasteiger partial charge in [0.25, 0.3) is 15.9 Å². The third kappa shape index (κ3) is 3.32. The van der Waals surface area contributed by atoms with Gasteiger partial charge in [0.1, 0.15) is 0 Å². The molecule has 5 nitrogen and oxygen atoms in total. The quantitative estimate of drug-likeness (QED) is 0.848. The maximum atomic E-state index is 12.1. The molecule has 0 radical (unpaired) electrons. The number of amides is 1. The van der Waals surface area contributed by atoms with E-state index in [2.05, 4.69) is 14.1 Å². The van der Waals surface area contributed by atoms with Crippen LogP contribution >= 0.6 is 9.39 Å². The average molecular weight is 300 g/mol. The molecular formula is C12H17N2O3PS. The van der Waals surface area contributed by atoms with Crippen LogP contribution in [0.4, 0.5) is 0 Å². The van der Waals surface area contributed by atoms with E-state index in [0.29, 0.717) is 6.42 Å². The number of nitrogens with zero attached hydrogens (tertiary/aromatic N) is 1. The topological polar surface area (TPSA) is 66.5 Å². The Bertz CT molecular complexity index is 588. The van der Waals surface area contributed by atoms with Crippen LogP contribution < -0.4 is 4.72 Å². The van der Waals surface area contributed by atoms with Gasteiger partial charge in [-0.05, 0) is 37.5 Å². The summed E-state index contributed by atoms with van der Waals surface area (Å²) in [5.41, 5.74) is 0.837. The van der Waals surface area contributed by atoms with Crippen LogP contribution in [0.5, 0.6) is 0 Å². The van der Waals surface area contributed by atoms with E-state index in [0.717, 1.165) is 18.5 Å². The minimum Gasteiger partial charge on any atom is -0.275 e. The first-order valence-electron chi connectivity index (χ1n) is 6.05. The van der Waals surface area contributed by atoms with Crippen LogP contribution in [0, 0.1) is 6.92 Å². The number of sulfonamides is 1. The second kappa shape index (κ2) is 5.57. The highest BCUT2D eigenvalue weighted by Crippen LogP contribution is 2.21. The first-order valence-corrected chi connectivity index (χ1v) is 8.05. The van der Waals surface area contributed by atoms with E-state index in [1.165, 1.54) is 6.07 Å². The van der Waals surface area contributed by atoms with Crippen LogP contribution in [-0.2, 0) is 14.8 Å². The minimum absolute atomic E-state index is 0.120. The zero-order valence-electron chi connectivity index (χ0n) is 10.7. The largest absolute Gasteiger partial charge is 0.275 e. The molecule has 2 rings (SSSR count). The molecule has 1 unspecified atom stereocenters. The maximum Gasteiger partial charge on any atom is 0.264 e. The molecule has 1 saturated heterocycles. The molecule has 0 bridgehead atoms. The number of benzene rings is 1. The first-order chi connectivity index (χ1) is 8.90. The molecule has 1 aromatic carbocycles. The van der Waals surface area contributed by atoms with E-state index in [4.69, 9.17) is 0 Å². The van der Waals surface area contributed by atoms with Crippen molar-refractivity contribution >= 4 is 25.3 Å². The normalized spacial score (nSPS) is 20.4. The van der Waals surface area contributed by atoms with Gasteiger partial charge in [0.15, 0.2) is 0 Å². The molecule has 7 heteroatoms. The van der Waals surface area contributed by atoms with Gasteiger partial charge in [-0.25, -0.2) is 13.1 Å². The number of hydrogen-bond acceptors (Lipinski definition) is 4. The summed E-state index contributed by atoms with van der Waals surface area (Å²) in [4.78, 5) is 12.1. The Morgan fingerprint density at radius 1 is 1.47 bits per heavy atom. The number of carbonyl (C=O) groups excluding carboxylic acids is 1. The molecular weight excluding hydrogens is 283 g/mol. The predicted molar refractivity (Wildman–Crippen MR) is 75.9 cm³/mol. The molecule has 1 heterocycles. The van der Waals surface area contributed by atoms with Gasteiger partial charge in [0.05, 0.1) is 10.9 Å². The van der Waals surface area contributed by atoms with Crippen LogP contribution in [0.15, 0.2) is 29.2 Å². The number of hydrogen-bond donors (Lipinski definition) is 1. The summed E-state index contributed by atoms with van der Waals surface area (Å²) in [6, 6.07) is 6.11. The van der Waals surface area contributed by atoms with Gasteiger partial charge in [-0.15, -0.1) is 0 Å². The highest BCUT2D eigenvalue weighted by Gasteiger charge is 2.30. The Labute approximate surface area is 115 Å². The van der Waals surface area contributed by atoms with Gasteiger partial charge in [0.2, 0.25) is 0 Å². The lowest BCUT2D eigenvalue weighted by molar-refractivity contribution is -0.122. The van der Waals surface area contributed by atoms with Gasteiger partial charge in [-0.2, -0.15) is 0 Å². The molecule has 1 aromatic rings. The monoisotopic (exact) mass is 300 g/mol. The van der Waals surface area contributed by atoms with E-state index in [1.807, 2.05) is 13.0 Å². The molecule has 0 spiro atoms. The third-order valence-corrected chi connectivity index (χ3v) is 5.09. The van der Waals surface area contributed by atoms with Gasteiger partial charge in [0, 0.05) is 6.54 Å². The smallest absolute Gasteiger partial charge is 0.264 e. The lowest BCUT2D eigenvalue weighted by atomic mass is 10.2. The van der Waals surface area contributed by atoms with Crippen LogP contribution in [0.1, 0.15) is 18.4 Å². The lowest BCUT2D eigenvalue weighted by Gasteiger charge is -2.18. The SMILES string of the molecule is Cc1cccc(S(=O)(=O)NC(=O)[C@@H]2CCCN2P)c1. The second-order valence-electron chi connectivity index (χ2n) is 4.68. The van der Waals surface area contributed by atoms with Gasteiger partial charge in [-0.3, -0.25) is 9.46 Å².